The zero-order chi connectivity index (χ0) is 9.30. The second-order valence-corrected chi connectivity index (χ2v) is 4.21. The van der Waals surface area contributed by atoms with Gasteiger partial charge in [0.25, 0.3) is 6.43 Å². The van der Waals surface area contributed by atoms with Crippen molar-refractivity contribution in [3.8, 4) is 0 Å². The van der Waals surface area contributed by atoms with E-state index >= 15 is 0 Å². The fourth-order valence-electron chi connectivity index (χ4n) is 0.714. The Morgan fingerprint density at radius 1 is 1.42 bits per heavy atom. The Morgan fingerprint density at radius 3 is 2.42 bits per heavy atom. The topological polar surface area (TPSA) is 38.9 Å². The minimum Gasteiger partial charge on any atom is -0.396 e. The molecule has 0 saturated carbocycles. The van der Waals surface area contributed by atoms with Gasteiger partial charge < -0.3 is 5.73 Å². The van der Waals surface area contributed by atoms with Gasteiger partial charge in [-0.2, -0.15) is 0 Å². The smallest absolute Gasteiger partial charge is 0.267 e. The number of nitrogens with two attached hydrogens (primary N) is 1. The maximum atomic E-state index is 12.4. The average molecular weight is 396 g/mol. The first-order chi connectivity index (χ1) is 5.54. The highest BCUT2D eigenvalue weighted by Gasteiger charge is 2.17. The summed E-state index contributed by atoms with van der Waals surface area (Å²) in [4.78, 5) is 3.84. The Labute approximate surface area is 95.2 Å². The van der Waals surface area contributed by atoms with Crippen molar-refractivity contribution in [2.75, 3.05) is 5.73 Å². The molecule has 0 aliphatic rings. The summed E-state index contributed by atoms with van der Waals surface area (Å²) in [5.41, 5.74) is 5.39. The lowest BCUT2D eigenvalue weighted by Crippen LogP contribution is -2.02. The highest BCUT2D eigenvalue weighted by atomic mass is 127. The molecule has 0 radical (unpaired) electrons. The SMILES string of the molecule is Nc1c(I)ncc(I)c1C(F)F. The first-order valence-electron chi connectivity index (χ1n) is 2.91. The van der Waals surface area contributed by atoms with Crippen molar-refractivity contribution < 1.29 is 8.78 Å². The van der Waals surface area contributed by atoms with Crippen molar-refractivity contribution in [1.29, 1.82) is 0 Å². The summed E-state index contributed by atoms with van der Waals surface area (Å²) in [5, 5.41) is 0. The fourth-order valence-corrected chi connectivity index (χ4v) is 1.81. The van der Waals surface area contributed by atoms with Gasteiger partial charge in [-0.05, 0) is 45.2 Å². The maximum Gasteiger partial charge on any atom is 0.267 e. The Morgan fingerprint density at radius 2 is 2.00 bits per heavy atom. The summed E-state index contributed by atoms with van der Waals surface area (Å²) < 4.78 is 25.5. The fraction of sp³-hybridized carbons (Fsp3) is 0.167. The van der Waals surface area contributed by atoms with Gasteiger partial charge in [-0.1, -0.05) is 0 Å². The highest BCUT2D eigenvalue weighted by molar-refractivity contribution is 14.1. The summed E-state index contributed by atoms with van der Waals surface area (Å²) in [7, 11) is 0. The van der Waals surface area contributed by atoms with Crippen LogP contribution in [0.15, 0.2) is 6.20 Å². The zero-order valence-corrected chi connectivity index (χ0v) is 10.0. The first kappa shape index (κ1) is 10.4. The molecule has 0 aliphatic carbocycles. The van der Waals surface area contributed by atoms with Crippen LogP contribution in [0.25, 0.3) is 0 Å². The molecule has 1 aromatic heterocycles. The molecule has 0 bridgehead atoms. The number of hydrogen-bond acceptors (Lipinski definition) is 2. The number of nitrogens with zero attached hydrogens (tertiary/aromatic N) is 1. The number of rotatable bonds is 1. The lowest BCUT2D eigenvalue weighted by atomic mass is 10.2. The molecular formula is C6H4F2I2N2. The van der Waals surface area contributed by atoms with E-state index in [0.29, 0.717) is 7.27 Å². The van der Waals surface area contributed by atoms with Gasteiger partial charge in [0, 0.05) is 9.77 Å². The van der Waals surface area contributed by atoms with E-state index in [1.54, 1.807) is 22.6 Å². The van der Waals surface area contributed by atoms with Crippen LogP contribution in [0.5, 0.6) is 0 Å². The molecule has 1 heterocycles. The molecule has 0 aromatic carbocycles. The normalized spacial score (nSPS) is 10.8. The van der Waals surface area contributed by atoms with Gasteiger partial charge in [0.2, 0.25) is 0 Å². The van der Waals surface area contributed by atoms with Gasteiger partial charge in [0.1, 0.15) is 3.70 Å². The Balaban J connectivity index is 3.33. The van der Waals surface area contributed by atoms with Gasteiger partial charge >= 0.3 is 0 Å². The van der Waals surface area contributed by atoms with Crippen LogP contribution in [0.3, 0.4) is 0 Å². The maximum absolute atomic E-state index is 12.4. The molecule has 1 aromatic rings. The van der Waals surface area contributed by atoms with E-state index in [4.69, 9.17) is 5.73 Å². The number of pyridine rings is 1. The average Bonchev–Trinajstić information content (AvgIpc) is 1.97. The molecule has 0 spiro atoms. The van der Waals surface area contributed by atoms with Crippen molar-refractivity contribution >= 4 is 50.9 Å². The van der Waals surface area contributed by atoms with Crippen LogP contribution in [0.2, 0.25) is 0 Å². The van der Waals surface area contributed by atoms with Crippen molar-refractivity contribution in [2.24, 2.45) is 0 Å². The molecule has 6 heteroatoms. The molecule has 0 aliphatic heterocycles. The van der Waals surface area contributed by atoms with Gasteiger partial charge in [0.15, 0.2) is 0 Å². The van der Waals surface area contributed by atoms with Gasteiger partial charge in [0.05, 0.1) is 11.3 Å². The summed E-state index contributed by atoms with van der Waals surface area (Å²) in [5.74, 6) is 0. The van der Waals surface area contributed by atoms with E-state index in [9.17, 15) is 8.78 Å². The van der Waals surface area contributed by atoms with Crippen LogP contribution in [-0.2, 0) is 0 Å². The number of nitrogen functional groups attached to an aromatic ring is 1. The minimum atomic E-state index is -2.53. The molecule has 0 unspecified atom stereocenters. The second-order valence-electron chi connectivity index (χ2n) is 2.02. The Kier molecular flexibility index (Phi) is 3.44. The predicted molar refractivity (Wildman–Crippen MR) is 59.0 cm³/mol. The van der Waals surface area contributed by atoms with Crippen molar-refractivity contribution in [3.63, 3.8) is 0 Å². The Bertz CT molecular complexity index is 304. The molecule has 0 fully saturated rings. The van der Waals surface area contributed by atoms with E-state index in [1.807, 2.05) is 22.6 Å². The summed E-state index contributed by atoms with van der Waals surface area (Å²) in [6.07, 6.45) is -1.14. The highest BCUT2D eigenvalue weighted by Crippen LogP contribution is 2.31. The van der Waals surface area contributed by atoms with Crippen LogP contribution >= 0.6 is 45.2 Å². The number of alkyl halides is 2. The zero-order valence-electron chi connectivity index (χ0n) is 5.69. The first-order valence-corrected chi connectivity index (χ1v) is 5.07. The van der Waals surface area contributed by atoms with E-state index in [2.05, 4.69) is 4.98 Å². The van der Waals surface area contributed by atoms with Crippen molar-refractivity contribution in [2.45, 2.75) is 6.43 Å². The van der Waals surface area contributed by atoms with Crippen LogP contribution in [0.4, 0.5) is 14.5 Å². The molecule has 12 heavy (non-hydrogen) atoms. The molecule has 2 N–H and O–H groups in total. The summed E-state index contributed by atoms with van der Waals surface area (Å²) >= 11 is 3.62. The third-order valence-corrected chi connectivity index (χ3v) is 3.00. The van der Waals surface area contributed by atoms with Gasteiger partial charge in [-0.15, -0.1) is 0 Å². The van der Waals surface area contributed by atoms with E-state index in [0.717, 1.165) is 0 Å². The van der Waals surface area contributed by atoms with Gasteiger partial charge in [-0.25, -0.2) is 13.8 Å². The summed E-state index contributed by atoms with van der Waals surface area (Å²) in [6, 6.07) is 0. The lowest BCUT2D eigenvalue weighted by Gasteiger charge is -2.07. The third-order valence-electron chi connectivity index (χ3n) is 1.28. The molecule has 0 atom stereocenters. The number of halogens is 4. The predicted octanol–water partition coefficient (Wildman–Crippen LogP) is 2.81. The molecule has 0 amide bonds. The van der Waals surface area contributed by atoms with Crippen LogP contribution in [-0.4, -0.2) is 4.98 Å². The molecule has 2 nitrogen and oxygen atoms in total. The van der Waals surface area contributed by atoms with Crippen LogP contribution in [0, 0.1) is 7.27 Å². The summed E-state index contributed by atoms with van der Waals surface area (Å²) in [6.45, 7) is 0. The van der Waals surface area contributed by atoms with Crippen LogP contribution < -0.4 is 5.73 Å². The van der Waals surface area contributed by atoms with Crippen molar-refractivity contribution in [1.82, 2.24) is 4.98 Å². The van der Waals surface area contributed by atoms with Crippen LogP contribution in [0.1, 0.15) is 12.0 Å². The largest absolute Gasteiger partial charge is 0.396 e. The standard InChI is InChI=1S/C6H4F2I2N2/c7-5(8)3-2(9)1-12-6(10)4(3)11/h1,5H,11H2. The number of anilines is 1. The Hall–Kier alpha value is 0.270. The molecule has 66 valence electrons. The minimum absolute atomic E-state index is 0.0810. The molecule has 0 saturated heterocycles. The third kappa shape index (κ3) is 1.95. The lowest BCUT2D eigenvalue weighted by molar-refractivity contribution is 0.151. The van der Waals surface area contributed by atoms with Crippen molar-refractivity contribution in [3.05, 3.63) is 19.0 Å². The quantitative estimate of drug-likeness (QED) is 0.586. The monoisotopic (exact) mass is 396 g/mol. The number of hydrogen-bond donors (Lipinski definition) is 1. The molecular weight excluding hydrogens is 392 g/mol. The second kappa shape index (κ2) is 3.99. The van der Waals surface area contributed by atoms with E-state index < -0.39 is 6.43 Å². The van der Waals surface area contributed by atoms with E-state index in [1.165, 1.54) is 6.20 Å². The van der Waals surface area contributed by atoms with Gasteiger partial charge in [-0.3, -0.25) is 0 Å². The number of aromatic nitrogens is 1. The van der Waals surface area contributed by atoms with E-state index in [-0.39, 0.29) is 11.3 Å². The molecule has 1 rings (SSSR count).